The number of phenolic OH excluding ortho intramolecular Hbond substituents is 1. The number of aliphatic carboxylic acids is 3. The predicted molar refractivity (Wildman–Crippen MR) is 325 cm³/mol. The van der Waals surface area contributed by atoms with Gasteiger partial charge in [-0.2, -0.15) is 4.99 Å². The quantitative estimate of drug-likeness (QED) is 0.0115. The van der Waals surface area contributed by atoms with E-state index in [0.29, 0.717) is 43.5 Å². The molecule has 1 aliphatic heterocycles. The zero-order chi connectivity index (χ0) is 63.1. The molecule has 0 bridgehead atoms. The Morgan fingerprint density at radius 3 is 1.57 bits per heavy atom. The van der Waals surface area contributed by atoms with Gasteiger partial charge in [0.05, 0.1) is 32.1 Å². The van der Waals surface area contributed by atoms with Crippen LogP contribution in [0.1, 0.15) is 55.2 Å². The fourth-order valence-electron chi connectivity index (χ4n) is 9.29. The highest BCUT2D eigenvalue weighted by molar-refractivity contribution is 5.93. The van der Waals surface area contributed by atoms with Gasteiger partial charge < -0.3 is 74.0 Å². The van der Waals surface area contributed by atoms with Crippen molar-refractivity contribution < 1.29 is 58.8 Å². The van der Waals surface area contributed by atoms with Crippen LogP contribution in [0.2, 0.25) is 0 Å². The zero-order valence-electron chi connectivity index (χ0n) is 48.8. The van der Waals surface area contributed by atoms with E-state index in [2.05, 4.69) is 52.8 Å². The molecule has 0 saturated carbocycles. The Morgan fingerprint density at radius 2 is 1.02 bits per heavy atom. The molecule has 1 fully saturated rings. The number of nitrogens with one attached hydrogen (secondary N) is 9. The number of aliphatic imine (C=N–C) groups is 1. The summed E-state index contributed by atoms with van der Waals surface area (Å²) in [6, 6.07) is 20.9. The van der Waals surface area contributed by atoms with Crippen LogP contribution in [0.15, 0.2) is 93.4 Å². The van der Waals surface area contributed by atoms with Crippen LogP contribution >= 0.6 is 0 Å². The third-order valence-electron chi connectivity index (χ3n) is 13.9. The maximum atomic E-state index is 14.4. The molecular weight excluding hydrogens is 1130 g/mol. The number of phenols is 1. The Balaban J connectivity index is 1.11. The number of carbonyl (C=O) groups is 8. The molecule has 15 N–H and O–H groups in total. The Hall–Kier alpha value is -9.19. The number of carboxylic acid groups (broad SMARTS) is 3. The minimum atomic E-state index is -1.07. The highest BCUT2D eigenvalue weighted by Gasteiger charge is 2.29. The van der Waals surface area contributed by atoms with Crippen LogP contribution in [0.25, 0.3) is 0 Å². The van der Waals surface area contributed by atoms with Gasteiger partial charge in [0, 0.05) is 117 Å². The van der Waals surface area contributed by atoms with Crippen LogP contribution in [-0.2, 0) is 40.1 Å². The number of nitrogens with two attached hydrogens (primary N) is 1. The molecule has 4 aromatic carbocycles. The topological polar surface area (TPSA) is 411 Å². The third kappa shape index (κ3) is 25.1. The molecule has 1 aliphatic rings. The summed E-state index contributed by atoms with van der Waals surface area (Å²) >= 11 is 0. The van der Waals surface area contributed by atoms with Gasteiger partial charge in [-0.3, -0.25) is 62.8 Å². The van der Waals surface area contributed by atoms with E-state index in [0.717, 1.165) is 11.3 Å². The monoisotopic (exact) mass is 1210 g/mol. The normalized spacial score (nSPS) is 14.7. The average molecular weight is 1210 g/mol. The molecular formula is C58H81N15O14. The van der Waals surface area contributed by atoms with Gasteiger partial charge in [-0.1, -0.05) is 61.5 Å². The lowest BCUT2D eigenvalue weighted by atomic mass is 9.90. The summed E-state index contributed by atoms with van der Waals surface area (Å²) in [5.74, 6) is -5.54. The number of urea groups is 1. The number of nitrogens with zero attached hydrogens (tertiary/aromatic N) is 5. The summed E-state index contributed by atoms with van der Waals surface area (Å²) in [4.78, 5) is 135. The van der Waals surface area contributed by atoms with Crippen molar-refractivity contribution in [1.29, 1.82) is 0 Å². The highest BCUT2D eigenvalue weighted by Crippen LogP contribution is 2.27. The minimum absolute atomic E-state index is 0.0691. The number of hydrogen-bond acceptors (Lipinski definition) is 18. The Morgan fingerprint density at radius 1 is 0.529 bits per heavy atom. The third-order valence-corrected chi connectivity index (χ3v) is 13.9. The zero-order valence-corrected chi connectivity index (χ0v) is 48.8. The van der Waals surface area contributed by atoms with E-state index in [9.17, 15) is 68.4 Å². The van der Waals surface area contributed by atoms with E-state index in [4.69, 9.17) is 5.73 Å². The van der Waals surface area contributed by atoms with E-state index in [1.165, 1.54) is 12.1 Å². The standard InChI is InChI=1S/C58H81N15O14/c1-2-45(75)61-23-25-66-58(87)69-57(59)65-19-6-10-44(55(85)67-34-39-11-17-43(74)18-12-39)68-56(86)50(40-8-4-3-5-9-40)41-13-15-42(16-14-41)60-20-7-21-63-51-52(54(84)53(51)83)64-24-22-62-46(76)35-70-26-28-71(36-47(77)78)30-32-73(38-49(81)82)33-31-72(29-27-70)37-48(79)80/h3-5,8-9,11-18,44,50,60,63-64,74H,2,6-7,10,19-38H2,1H3,(H,61,75)(H,62,76)(H,67,85)(H,68,86)(H,77,78)(H,79,80)(H,81,82)(H4,59,65,66,69,87)/t44-,50+/m1/s1. The molecule has 0 spiro atoms. The maximum absolute atomic E-state index is 14.4. The van der Waals surface area contributed by atoms with Crippen molar-refractivity contribution in [2.75, 3.05) is 140 Å². The lowest BCUT2D eigenvalue weighted by molar-refractivity contribution is -0.140. The number of carbonyl (C=O) groups excluding carboxylic acids is 5. The van der Waals surface area contributed by atoms with E-state index in [1.54, 1.807) is 50.8 Å². The number of rotatable bonds is 33. The molecule has 1 heterocycles. The van der Waals surface area contributed by atoms with Crippen LogP contribution in [0.5, 0.6) is 5.75 Å². The summed E-state index contributed by atoms with van der Waals surface area (Å²) in [6.45, 7) is 4.36. The Kier molecular flexibility index (Phi) is 28.9. The Labute approximate surface area is 503 Å². The van der Waals surface area contributed by atoms with Crippen LogP contribution in [0.4, 0.5) is 21.9 Å². The molecule has 472 valence electrons. The van der Waals surface area contributed by atoms with Crippen molar-refractivity contribution in [3.63, 3.8) is 0 Å². The van der Waals surface area contributed by atoms with E-state index in [1.807, 2.05) is 42.5 Å². The molecule has 5 rings (SSSR count). The minimum Gasteiger partial charge on any atom is -0.508 e. The number of carboxylic acids is 3. The van der Waals surface area contributed by atoms with Crippen molar-refractivity contribution in [2.24, 2.45) is 10.7 Å². The molecule has 6 amide bonds. The molecule has 29 nitrogen and oxygen atoms in total. The first-order valence-electron chi connectivity index (χ1n) is 28.8. The maximum Gasteiger partial charge on any atom is 0.344 e. The first kappa shape index (κ1) is 68.6. The summed E-state index contributed by atoms with van der Waals surface area (Å²) in [6.07, 6.45) is 1.32. The Bertz CT molecular complexity index is 2970. The fourth-order valence-corrected chi connectivity index (χ4v) is 9.29. The largest absolute Gasteiger partial charge is 0.508 e. The van der Waals surface area contributed by atoms with Gasteiger partial charge in [0.1, 0.15) is 23.2 Å². The summed E-state index contributed by atoms with van der Waals surface area (Å²) in [5.41, 5.74) is 7.54. The molecule has 0 aromatic heterocycles. The smallest absolute Gasteiger partial charge is 0.344 e. The second kappa shape index (κ2) is 36.6. The number of benzene rings is 3. The highest BCUT2D eigenvalue weighted by atomic mass is 16.4. The molecule has 0 radical (unpaired) electrons. The van der Waals surface area contributed by atoms with Gasteiger partial charge in [-0.05, 0) is 60.2 Å². The van der Waals surface area contributed by atoms with Crippen molar-refractivity contribution in [3.8, 4) is 5.75 Å². The number of amides is 6. The van der Waals surface area contributed by atoms with Crippen molar-refractivity contribution in [1.82, 2.24) is 51.5 Å². The second-order valence-electron chi connectivity index (χ2n) is 20.6. The van der Waals surface area contributed by atoms with E-state index < -0.39 is 58.6 Å². The van der Waals surface area contributed by atoms with Gasteiger partial charge >= 0.3 is 23.9 Å². The van der Waals surface area contributed by atoms with E-state index in [-0.39, 0.29) is 159 Å². The molecule has 0 aliphatic carbocycles. The number of hydrogen-bond donors (Lipinski definition) is 14. The summed E-state index contributed by atoms with van der Waals surface area (Å²) in [7, 11) is 0. The number of guanidine groups is 1. The van der Waals surface area contributed by atoms with Crippen molar-refractivity contribution in [2.45, 2.75) is 51.1 Å². The molecule has 1 saturated heterocycles. The molecule has 87 heavy (non-hydrogen) atoms. The van der Waals surface area contributed by atoms with Crippen LogP contribution in [-0.4, -0.2) is 224 Å². The van der Waals surface area contributed by atoms with Crippen LogP contribution < -0.4 is 64.4 Å². The predicted octanol–water partition coefficient (Wildman–Crippen LogP) is -1.24. The lowest BCUT2D eigenvalue weighted by Gasteiger charge is -2.32. The SMILES string of the molecule is CCC(=O)NCCNC(=O)/N=C(/N)NCCC[C@@H](NC(=O)[C@@H](c1ccccc1)c1ccc(NCCCNc2c(NCCNC(=O)CN3CCN(CC(=O)O)CCN(CC(=O)O)CCN(CC(=O)O)CC3)c(=O)c2=O)cc1)C(=O)NCc1ccc(O)cc1. The summed E-state index contributed by atoms with van der Waals surface area (Å²) < 4.78 is 0. The first-order valence-corrected chi connectivity index (χ1v) is 28.8. The molecule has 4 aromatic rings. The fraction of sp³-hybridized carbons (Fsp3) is 0.466. The first-order chi connectivity index (χ1) is 41.8. The summed E-state index contributed by atoms with van der Waals surface area (Å²) in [5, 5.41) is 64.1. The van der Waals surface area contributed by atoms with Crippen LogP contribution in [0.3, 0.4) is 0 Å². The van der Waals surface area contributed by atoms with Gasteiger partial charge in [0.15, 0.2) is 5.96 Å². The van der Waals surface area contributed by atoms with Gasteiger partial charge in [-0.15, -0.1) is 0 Å². The lowest BCUT2D eigenvalue weighted by Crippen LogP contribution is -2.50. The molecule has 0 unspecified atom stereocenters. The van der Waals surface area contributed by atoms with Crippen molar-refractivity contribution in [3.05, 3.63) is 116 Å². The molecule has 29 heteroatoms. The van der Waals surface area contributed by atoms with Crippen LogP contribution in [0, 0.1) is 0 Å². The van der Waals surface area contributed by atoms with Gasteiger partial charge in [-0.25, -0.2) is 4.79 Å². The second-order valence-corrected chi connectivity index (χ2v) is 20.6. The van der Waals surface area contributed by atoms with E-state index >= 15 is 0 Å². The number of aromatic hydroxyl groups is 1. The molecule has 2 atom stereocenters. The van der Waals surface area contributed by atoms with Gasteiger partial charge in [0.2, 0.25) is 23.6 Å². The number of anilines is 3. The van der Waals surface area contributed by atoms with Gasteiger partial charge in [0.25, 0.3) is 10.9 Å². The average Bonchev–Trinajstić information content (AvgIpc) is 1.09. The van der Waals surface area contributed by atoms with Crippen molar-refractivity contribution >= 4 is 70.6 Å².